The number of rotatable bonds is 5. The summed E-state index contributed by atoms with van der Waals surface area (Å²) < 4.78 is 25.1. The first-order valence-electron chi connectivity index (χ1n) is 9.67. The zero-order chi connectivity index (χ0) is 21.5. The molecule has 0 aliphatic rings. The Labute approximate surface area is 185 Å². The van der Waals surface area contributed by atoms with Gasteiger partial charge in [-0.2, -0.15) is 0 Å². The number of pyridine rings is 1. The average molecular weight is 448 g/mol. The van der Waals surface area contributed by atoms with Crippen LogP contribution in [0.3, 0.4) is 0 Å². The fourth-order valence-electron chi connectivity index (χ4n) is 3.92. The molecular formula is C23H19N4O2S2-. The van der Waals surface area contributed by atoms with Crippen molar-refractivity contribution in [3.63, 3.8) is 0 Å². The summed E-state index contributed by atoms with van der Waals surface area (Å²) in [7, 11) is 0. The third-order valence-electron chi connectivity index (χ3n) is 5.32. The smallest absolute Gasteiger partial charge is 0.132 e. The van der Waals surface area contributed by atoms with Gasteiger partial charge in [0, 0.05) is 61.8 Å². The predicted molar refractivity (Wildman–Crippen MR) is 127 cm³/mol. The molecule has 0 spiro atoms. The number of nitrogens with two attached hydrogens (primary N) is 1. The van der Waals surface area contributed by atoms with Crippen LogP contribution in [0, 0.1) is 6.92 Å². The number of aromatic nitrogens is 2. The van der Waals surface area contributed by atoms with Crippen LogP contribution in [-0.2, 0) is 17.8 Å². The molecule has 3 heterocycles. The van der Waals surface area contributed by atoms with Crippen LogP contribution >= 0.6 is 11.3 Å². The highest BCUT2D eigenvalue weighted by Gasteiger charge is 2.16. The molecular weight excluding hydrogens is 428 g/mol. The lowest BCUT2D eigenvalue weighted by atomic mass is 9.99. The van der Waals surface area contributed by atoms with Crippen LogP contribution in [0.5, 0.6) is 0 Å². The number of aromatic amines is 1. The molecule has 2 aromatic carbocycles. The van der Waals surface area contributed by atoms with E-state index in [9.17, 15) is 8.76 Å². The number of fused-ring (bicyclic) bond motifs is 2. The summed E-state index contributed by atoms with van der Waals surface area (Å²) in [4.78, 5) is 7.83. The Hall–Kier alpha value is -3.04. The van der Waals surface area contributed by atoms with Crippen LogP contribution in [0.1, 0.15) is 11.3 Å². The summed E-state index contributed by atoms with van der Waals surface area (Å²) in [6, 6.07) is 16.3. The number of hydrogen-bond donors (Lipinski definition) is 3. The first-order chi connectivity index (χ1) is 15.0. The molecule has 3 aromatic heterocycles. The second-order valence-electron chi connectivity index (χ2n) is 7.42. The zero-order valence-corrected chi connectivity index (χ0v) is 18.3. The Morgan fingerprint density at radius 3 is 2.84 bits per heavy atom. The van der Waals surface area contributed by atoms with E-state index in [2.05, 4.69) is 44.3 Å². The van der Waals surface area contributed by atoms with E-state index in [-0.39, 0.29) is 6.54 Å². The number of H-pyrrole nitrogens is 1. The maximum Gasteiger partial charge on any atom is 0.132 e. The molecule has 4 N–H and O–H groups in total. The molecule has 0 aliphatic heterocycles. The van der Waals surface area contributed by atoms with E-state index in [0.717, 1.165) is 54.5 Å². The summed E-state index contributed by atoms with van der Waals surface area (Å²) in [5.41, 5.74) is 13.5. The summed E-state index contributed by atoms with van der Waals surface area (Å²) in [6.07, 6.45) is 1.79. The van der Waals surface area contributed by atoms with Crippen molar-refractivity contribution in [1.82, 2.24) is 14.7 Å². The molecule has 8 heteroatoms. The summed E-state index contributed by atoms with van der Waals surface area (Å²) in [6.45, 7) is 2.29. The molecule has 0 radical (unpaired) electrons. The van der Waals surface area contributed by atoms with E-state index in [1.54, 1.807) is 17.5 Å². The first-order valence-corrected chi connectivity index (χ1v) is 11.6. The van der Waals surface area contributed by atoms with Crippen molar-refractivity contribution < 1.29 is 8.76 Å². The van der Waals surface area contributed by atoms with Gasteiger partial charge in [-0.25, -0.2) is 9.71 Å². The van der Waals surface area contributed by atoms with Gasteiger partial charge in [-0.15, -0.1) is 11.3 Å². The number of aryl methyl sites for hydroxylation is 1. The molecule has 156 valence electrons. The monoisotopic (exact) mass is 447 g/mol. The lowest BCUT2D eigenvalue weighted by Crippen LogP contribution is -2.15. The molecule has 1 unspecified atom stereocenters. The highest BCUT2D eigenvalue weighted by Crippen LogP contribution is 2.42. The van der Waals surface area contributed by atoms with Crippen molar-refractivity contribution in [1.29, 1.82) is 0 Å². The van der Waals surface area contributed by atoms with Gasteiger partial charge in [0.05, 0.1) is 0 Å². The van der Waals surface area contributed by atoms with Crippen LogP contribution in [0.2, 0.25) is 0 Å². The highest BCUT2D eigenvalue weighted by molar-refractivity contribution is 7.77. The van der Waals surface area contributed by atoms with Gasteiger partial charge in [0.25, 0.3) is 0 Å². The van der Waals surface area contributed by atoms with Crippen LogP contribution in [0.4, 0.5) is 5.82 Å². The van der Waals surface area contributed by atoms with Gasteiger partial charge < -0.3 is 15.3 Å². The first kappa shape index (κ1) is 19.9. The fourth-order valence-corrected chi connectivity index (χ4v) is 5.33. The Balaban J connectivity index is 1.62. The number of hydrogen-bond acceptors (Lipinski definition) is 5. The standard InChI is InChI=1S/C23H20N4O2S2/c1-13-7-17-9-16(5-6-20(17)27-13)19-12-30-22-18(11-25-23(24)21(19)22)15-4-2-3-14(8-15)10-26-31(28)29/h2-9,11-12,26-27H,10H2,1H3,(H2,24,25)(H,28,29)/p-1. The van der Waals surface area contributed by atoms with Crippen molar-refractivity contribution in [2.24, 2.45) is 0 Å². The number of nitrogens with zero attached hydrogens (tertiary/aromatic N) is 1. The van der Waals surface area contributed by atoms with Crippen LogP contribution in [0.15, 0.2) is 60.1 Å². The molecule has 6 nitrogen and oxygen atoms in total. The number of anilines is 1. The molecule has 0 fully saturated rings. The SMILES string of the molecule is Cc1cc2cc(-c3csc4c(-c5cccc(CNS(=O)[O-])c5)cnc(N)c34)ccc2[nH]1. The fraction of sp³-hybridized carbons (Fsp3) is 0.0870. The number of nitrogen functional groups attached to an aromatic ring is 1. The molecule has 31 heavy (non-hydrogen) atoms. The topological polar surface area (TPSA) is 107 Å². The number of thiophene rings is 1. The lowest BCUT2D eigenvalue weighted by molar-refractivity contribution is 0.522. The Kier molecular flexibility index (Phi) is 5.07. The van der Waals surface area contributed by atoms with E-state index in [1.807, 2.05) is 31.2 Å². The van der Waals surface area contributed by atoms with E-state index in [0.29, 0.717) is 5.82 Å². The van der Waals surface area contributed by atoms with Crippen molar-refractivity contribution >= 4 is 49.4 Å². The molecule has 0 aliphatic carbocycles. The van der Waals surface area contributed by atoms with E-state index >= 15 is 0 Å². The van der Waals surface area contributed by atoms with E-state index < -0.39 is 11.3 Å². The average Bonchev–Trinajstić information content (AvgIpc) is 3.35. The normalized spacial score (nSPS) is 12.6. The van der Waals surface area contributed by atoms with E-state index in [1.165, 1.54) is 0 Å². The van der Waals surface area contributed by atoms with Gasteiger partial charge in [0.2, 0.25) is 0 Å². The van der Waals surface area contributed by atoms with Gasteiger partial charge in [-0.05, 0) is 53.3 Å². The van der Waals surface area contributed by atoms with Crippen molar-refractivity contribution in [3.8, 4) is 22.3 Å². The van der Waals surface area contributed by atoms with Gasteiger partial charge in [-0.1, -0.05) is 24.3 Å². The summed E-state index contributed by atoms with van der Waals surface area (Å²) >= 11 is -0.661. The van der Waals surface area contributed by atoms with Crippen LogP contribution in [-0.4, -0.2) is 18.7 Å². The zero-order valence-electron chi connectivity index (χ0n) is 16.6. The Morgan fingerprint density at radius 1 is 1.16 bits per heavy atom. The number of benzene rings is 2. The van der Waals surface area contributed by atoms with Crippen molar-refractivity contribution in [2.75, 3.05) is 5.73 Å². The minimum atomic E-state index is -2.30. The predicted octanol–water partition coefficient (Wildman–Crippen LogP) is 4.89. The quantitative estimate of drug-likeness (QED) is 0.334. The maximum absolute atomic E-state index is 10.8. The highest BCUT2D eigenvalue weighted by atomic mass is 32.2. The minimum Gasteiger partial charge on any atom is -0.760 e. The van der Waals surface area contributed by atoms with Gasteiger partial charge in [-0.3, -0.25) is 4.21 Å². The second-order valence-corrected chi connectivity index (χ2v) is 9.06. The second kappa shape index (κ2) is 7.90. The minimum absolute atomic E-state index is 0.237. The molecule has 0 bridgehead atoms. The maximum atomic E-state index is 10.8. The van der Waals surface area contributed by atoms with Crippen molar-refractivity contribution in [3.05, 3.63) is 71.4 Å². The molecule has 5 rings (SSSR count). The molecule has 0 amide bonds. The Bertz CT molecular complexity index is 1460. The summed E-state index contributed by atoms with van der Waals surface area (Å²) in [5.74, 6) is 0.500. The molecule has 5 aromatic rings. The third kappa shape index (κ3) is 3.75. The van der Waals surface area contributed by atoms with Crippen LogP contribution in [0.25, 0.3) is 43.2 Å². The third-order valence-corrected chi connectivity index (χ3v) is 6.72. The lowest BCUT2D eigenvalue weighted by Gasteiger charge is -2.10. The van der Waals surface area contributed by atoms with Gasteiger partial charge >= 0.3 is 0 Å². The van der Waals surface area contributed by atoms with Gasteiger partial charge in [0.15, 0.2) is 0 Å². The molecule has 0 saturated heterocycles. The van der Waals surface area contributed by atoms with E-state index in [4.69, 9.17) is 5.73 Å². The summed E-state index contributed by atoms with van der Waals surface area (Å²) in [5, 5.41) is 4.23. The largest absolute Gasteiger partial charge is 0.760 e. The van der Waals surface area contributed by atoms with Crippen molar-refractivity contribution in [2.45, 2.75) is 13.5 Å². The molecule has 1 atom stereocenters. The Morgan fingerprint density at radius 2 is 2.00 bits per heavy atom. The number of nitrogens with one attached hydrogen (secondary N) is 2. The van der Waals surface area contributed by atoms with Crippen LogP contribution < -0.4 is 10.5 Å². The molecule has 0 saturated carbocycles. The van der Waals surface area contributed by atoms with Gasteiger partial charge in [0.1, 0.15) is 5.82 Å².